The van der Waals surface area contributed by atoms with E-state index in [-0.39, 0.29) is 16.8 Å². The largest absolute Gasteiger partial charge is 0.324 e. The van der Waals surface area contributed by atoms with E-state index in [4.69, 9.17) is 5.14 Å². The summed E-state index contributed by atoms with van der Waals surface area (Å²) in [6.07, 6.45) is 4.57. The molecule has 2 amide bonds. The van der Waals surface area contributed by atoms with Gasteiger partial charge in [0.25, 0.3) is 0 Å². The van der Waals surface area contributed by atoms with Gasteiger partial charge in [-0.1, -0.05) is 60.7 Å². The summed E-state index contributed by atoms with van der Waals surface area (Å²) in [5.74, 6) is 1.12. The van der Waals surface area contributed by atoms with Gasteiger partial charge in [-0.15, -0.1) is 0 Å². The number of nitrogens with one attached hydrogen (secondary N) is 1. The molecule has 0 aliphatic carbocycles. The summed E-state index contributed by atoms with van der Waals surface area (Å²) in [4.78, 5) is 28.4. The second-order valence-electron chi connectivity index (χ2n) is 9.49. The van der Waals surface area contributed by atoms with Crippen molar-refractivity contribution < 1.29 is 13.2 Å². The molecule has 42 heavy (non-hydrogen) atoms. The van der Waals surface area contributed by atoms with Crippen LogP contribution in [0.3, 0.4) is 0 Å². The van der Waals surface area contributed by atoms with Gasteiger partial charge >= 0.3 is 6.03 Å². The fourth-order valence-corrected chi connectivity index (χ4v) is 5.64. The van der Waals surface area contributed by atoms with E-state index in [9.17, 15) is 13.2 Å². The minimum Gasteiger partial charge on any atom is -0.324 e. The number of urea groups is 1. The molecular formula is C30H29N7O3S2. The molecule has 0 saturated heterocycles. The molecule has 0 radical (unpaired) electrons. The van der Waals surface area contributed by atoms with Crippen molar-refractivity contribution in [2.45, 2.75) is 23.7 Å². The van der Waals surface area contributed by atoms with Gasteiger partial charge in [-0.2, -0.15) is 9.36 Å². The summed E-state index contributed by atoms with van der Waals surface area (Å²) in [5.41, 5.74) is 2.96. The number of anilines is 1. The van der Waals surface area contributed by atoms with Gasteiger partial charge in [-0.25, -0.2) is 28.3 Å². The molecule has 0 aliphatic heterocycles. The molecule has 0 atom stereocenters. The second-order valence-corrected chi connectivity index (χ2v) is 11.8. The molecule has 2 heterocycles. The van der Waals surface area contributed by atoms with Crippen molar-refractivity contribution in [3.05, 3.63) is 120 Å². The molecule has 0 bridgehead atoms. The Morgan fingerprint density at radius 2 is 1.48 bits per heavy atom. The number of benzene rings is 3. The van der Waals surface area contributed by atoms with Crippen molar-refractivity contribution in [2.75, 3.05) is 18.4 Å². The van der Waals surface area contributed by atoms with Crippen molar-refractivity contribution in [3.63, 3.8) is 0 Å². The van der Waals surface area contributed by atoms with Crippen LogP contribution in [-0.4, -0.2) is 51.8 Å². The van der Waals surface area contributed by atoms with Crippen LogP contribution in [0.2, 0.25) is 0 Å². The van der Waals surface area contributed by atoms with Crippen molar-refractivity contribution in [1.82, 2.24) is 24.2 Å². The first kappa shape index (κ1) is 29.0. The van der Waals surface area contributed by atoms with Gasteiger partial charge in [0.15, 0.2) is 5.82 Å². The highest BCUT2D eigenvalue weighted by Crippen LogP contribution is 2.28. The topological polar surface area (TPSA) is 144 Å². The fraction of sp³-hybridized carbons (Fsp3) is 0.167. The SMILES string of the molecule is NS(=O)(=O)c1ccc(-c2nsc(NC(=O)N(CCc3ncccn3)CCC(c3ccccc3)c3ccccc3)n2)cc1. The number of aromatic nitrogens is 4. The molecule has 2 aromatic heterocycles. The van der Waals surface area contributed by atoms with Crippen LogP contribution in [0.4, 0.5) is 9.93 Å². The molecule has 214 valence electrons. The Balaban J connectivity index is 1.32. The van der Waals surface area contributed by atoms with Gasteiger partial charge < -0.3 is 4.90 Å². The third-order valence-electron chi connectivity index (χ3n) is 6.68. The average molecular weight is 600 g/mol. The van der Waals surface area contributed by atoms with Gasteiger partial charge in [-0.05, 0) is 47.9 Å². The molecule has 0 spiro atoms. The maximum atomic E-state index is 13.6. The highest BCUT2D eigenvalue weighted by molar-refractivity contribution is 7.89. The molecule has 12 heteroatoms. The molecule has 0 fully saturated rings. The summed E-state index contributed by atoms with van der Waals surface area (Å²) >= 11 is 1.05. The summed E-state index contributed by atoms with van der Waals surface area (Å²) in [7, 11) is -3.80. The first-order valence-electron chi connectivity index (χ1n) is 13.3. The molecular weight excluding hydrogens is 571 g/mol. The first-order chi connectivity index (χ1) is 20.4. The summed E-state index contributed by atoms with van der Waals surface area (Å²) in [6, 6.07) is 27.9. The third-order valence-corrected chi connectivity index (χ3v) is 8.24. The number of carbonyl (C=O) groups is 1. The number of nitrogens with zero attached hydrogens (tertiary/aromatic N) is 5. The number of primary sulfonamides is 1. The van der Waals surface area contributed by atoms with Gasteiger partial charge in [-0.3, -0.25) is 5.32 Å². The van der Waals surface area contributed by atoms with Crippen LogP contribution in [0.5, 0.6) is 0 Å². The summed E-state index contributed by atoms with van der Waals surface area (Å²) in [6.45, 7) is 0.890. The first-order valence-corrected chi connectivity index (χ1v) is 15.6. The third kappa shape index (κ3) is 7.60. The predicted octanol–water partition coefficient (Wildman–Crippen LogP) is 4.94. The molecule has 3 aromatic carbocycles. The van der Waals surface area contributed by atoms with Crippen LogP contribution in [0.15, 0.2) is 108 Å². The van der Waals surface area contributed by atoms with Crippen molar-refractivity contribution >= 4 is 32.7 Å². The molecule has 0 saturated carbocycles. The lowest BCUT2D eigenvalue weighted by molar-refractivity contribution is 0.210. The van der Waals surface area contributed by atoms with Crippen LogP contribution in [-0.2, 0) is 16.4 Å². The number of carbonyl (C=O) groups excluding carboxylic acids is 1. The van der Waals surface area contributed by atoms with E-state index in [0.29, 0.717) is 48.3 Å². The number of amides is 2. The Morgan fingerprint density at radius 3 is 2.07 bits per heavy atom. The van der Waals surface area contributed by atoms with Crippen molar-refractivity contribution in [1.29, 1.82) is 0 Å². The normalized spacial score (nSPS) is 11.4. The Labute approximate surface area is 248 Å². The maximum absolute atomic E-state index is 13.6. The van der Waals surface area contributed by atoms with Gasteiger partial charge in [0.2, 0.25) is 15.2 Å². The number of rotatable bonds is 11. The monoisotopic (exact) mass is 599 g/mol. The molecule has 0 unspecified atom stereocenters. The Bertz CT molecular complexity index is 1660. The quantitative estimate of drug-likeness (QED) is 0.219. The van der Waals surface area contributed by atoms with Crippen LogP contribution >= 0.6 is 11.5 Å². The molecule has 5 rings (SSSR count). The molecule has 10 nitrogen and oxygen atoms in total. The van der Waals surface area contributed by atoms with Crippen molar-refractivity contribution in [3.8, 4) is 11.4 Å². The second kappa shape index (κ2) is 13.4. The minimum absolute atomic E-state index is 0.00245. The lowest BCUT2D eigenvalue weighted by Crippen LogP contribution is -2.38. The van der Waals surface area contributed by atoms with Gasteiger partial charge in [0, 0.05) is 54.9 Å². The zero-order chi connectivity index (χ0) is 29.4. The van der Waals surface area contributed by atoms with E-state index in [1.807, 2.05) is 36.4 Å². The zero-order valence-corrected chi connectivity index (χ0v) is 24.2. The van der Waals surface area contributed by atoms with E-state index in [0.717, 1.165) is 11.5 Å². The lowest BCUT2D eigenvalue weighted by Gasteiger charge is -2.26. The van der Waals surface area contributed by atoms with Crippen LogP contribution < -0.4 is 10.5 Å². The van der Waals surface area contributed by atoms with E-state index in [1.54, 1.807) is 35.5 Å². The summed E-state index contributed by atoms with van der Waals surface area (Å²) in [5, 5.41) is 8.40. The van der Waals surface area contributed by atoms with E-state index in [1.165, 1.54) is 23.3 Å². The van der Waals surface area contributed by atoms with Crippen LogP contribution in [0, 0.1) is 0 Å². The number of hydrogen-bond acceptors (Lipinski definition) is 8. The van der Waals surface area contributed by atoms with Gasteiger partial charge in [0.1, 0.15) is 5.82 Å². The lowest BCUT2D eigenvalue weighted by atomic mass is 9.88. The van der Waals surface area contributed by atoms with Gasteiger partial charge in [0.05, 0.1) is 4.90 Å². The maximum Gasteiger partial charge on any atom is 0.323 e. The fourth-order valence-electron chi connectivity index (χ4n) is 4.55. The Morgan fingerprint density at radius 1 is 0.857 bits per heavy atom. The number of hydrogen-bond donors (Lipinski definition) is 2. The van der Waals surface area contributed by atoms with Crippen LogP contribution in [0.25, 0.3) is 11.4 Å². The zero-order valence-electron chi connectivity index (χ0n) is 22.6. The number of nitrogens with two attached hydrogens (primary N) is 1. The summed E-state index contributed by atoms with van der Waals surface area (Å²) < 4.78 is 27.5. The van der Waals surface area contributed by atoms with E-state index < -0.39 is 10.0 Å². The molecule has 0 aliphatic rings. The predicted molar refractivity (Wildman–Crippen MR) is 162 cm³/mol. The van der Waals surface area contributed by atoms with Crippen molar-refractivity contribution in [2.24, 2.45) is 5.14 Å². The van der Waals surface area contributed by atoms with E-state index in [2.05, 4.69) is 48.9 Å². The standard InChI is InChI=1S/C30H29N7O3S2/c31-42(39,40)25-14-12-24(13-15-25)28-34-29(41-36-28)35-30(38)37(21-17-27-32-18-7-19-33-27)20-16-26(22-8-3-1-4-9-22)23-10-5-2-6-11-23/h1-15,18-19,26H,16-17,20-21H2,(H2,31,39,40)(H,34,35,36,38). The Hall–Kier alpha value is -4.52. The Kier molecular flexibility index (Phi) is 9.27. The highest BCUT2D eigenvalue weighted by Gasteiger charge is 2.21. The molecule has 5 aromatic rings. The average Bonchev–Trinajstić information content (AvgIpc) is 3.48. The minimum atomic E-state index is -3.80. The smallest absolute Gasteiger partial charge is 0.323 e. The molecule has 3 N–H and O–H groups in total. The highest BCUT2D eigenvalue weighted by atomic mass is 32.2. The van der Waals surface area contributed by atoms with Crippen LogP contribution in [0.1, 0.15) is 29.3 Å². The number of sulfonamides is 1. The van der Waals surface area contributed by atoms with E-state index >= 15 is 0 Å².